The molecule has 3 amide bonds. The molecule has 1 aromatic carbocycles. The highest BCUT2D eigenvalue weighted by atomic mass is 16.5. The SMILES string of the molecule is CCOc1ccc(-c2noc(CCC(=O)N3CCN(C(=O)N(CC)CC)CC3)n2)cc1. The molecule has 0 N–H and O–H groups in total. The van der Waals surface area contributed by atoms with Crippen LogP contribution in [0.25, 0.3) is 11.4 Å². The lowest BCUT2D eigenvalue weighted by Gasteiger charge is -2.37. The lowest BCUT2D eigenvalue weighted by Crippen LogP contribution is -2.54. The summed E-state index contributed by atoms with van der Waals surface area (Å²) in [6.45, 7) is 10.1. The second-order valence-corrected chi connectivity index (χ2v) is 7.29. The summed E-state index contributed by atoms with van der Waals surface area (Å²) in [5.41, 5.74) is 0.832. The lowest BCUT2D eigenvalue weighted by molar-refractivity contribution is -0.132. The van der Waals surface area contributed by atoms with Crippen molar-refractivity contribution in [2.24, 2.45) is 0 Å². The number of carbonyl (C=O) groups excluding carboxylic acids is 2. The molecule has 168 valence electrons. The Morgan fingerprint density at radius 2 is 1.68 bits per heavy atom. The molecule has 2 heterocycles. The molecular formula is C22H31N5O4. The monoisotopic (exact) mass is 429 g/mol. The Labute approximate surface area is 182 Å². The van der Waals surface area contributed by atoms with E-state index in [9.17, 15) is 9.59 Å². The van der Waals surface area contributed by atoms with Gasteiger partial charge < -0.3 is 24.0 Å². The predicted octanol–water partition coefficient (Wildman–Crippen LogP) is 2.67. The Morgan fingerprint density at radius 3 is 2.29 bits per heavy atom. The fourth-order valence-electron chi connectivity index (χ4n) is 3.55. The maximum Gasteiger partial charge on any atom is 0.320 e. The molecule has 9 nitrogen and oxygen atoms in total. The van der Waals surface area contributed by atoms with Crippen LogP contribution in [-0.4, -0.2) is 82.7 Å². The van der Waals surface area contributed by atoms with Crippen molar-refractivity contribution in [1.82, 2.24) is 24.8 Å². The third-order valence-corrected chi connectivity index (χ3v) is 5.38. The summed E-state index contributed by atoms with van der Waals surface area (Å²) in [6, 6.07) is 7.53. The molecule has 1 aliphatic heterocycles. The van der Waals surface area contributed by atoms with Gasteiger partial charge in [0.25, 0.3) is 0 Å². The summed E-state index contributed by atoms with van der Waals surface area (Å²) >= 11 is 0. The fraction of sp³-hybridized carbons (Fsp3) is 0.545. The number of aryl methyl sites for hydroxylation is 1. The zero-order valence-corrected chi connectivity index (χ0v) is 18.5. The molecule has 0 spiro atoms. The number of aromatic nitrogens is 2. The van der Waals surface area contributed by atoms with E-state index in [0.717, 1.165) is 11.3 Å². The van der Waals surface area contributed by atoms with Gasteiger partial charge in [0.15, 0.2) is 0 Å². The Morgan fingerprint density at radius 1 is 1.03 bits per heavy atom. The lowest BCUT2D eigenvalue weighted by atomic mass is 10.2. The van der Waals surface area contributed by atoms with Crippen molar-refractivity contribution in [3.8, 4) is 17.1 Å². The molecular weight excluding hydrogens is 398 g/mol. The van der Waals surface area contributed by atoms with Gasteiger partial charge in [-0.3, -0.25) is 4.79 Å². The van der Waals surface area contributed by atoms with E-state index in [4.69, 9.17) is 9.26 Å². The topological polar surface area (TPSA) is 92.0 Å². The number of benzene rings is 1. The normalized spacial score (nSPS) is 13.9. The number of nitrogens with zero attached hydrogens (tertiary/aromatic N) is 5. The highest BCUT2D eigenvalue weighted by Crippen LogP contribution is 2.20. The summed E-state index contributed by atoms with van der Waals surface area (Å²) in [6.07, 6.45) is 0.691. The minimum Gasteiger partial charge on any atom is -0.494 e. The van der Waals surface area contributed by atoms with Crippen molar-refractivity contribution in [1.29, 1.82) is 0 Å². The van der Waals surface area contributed by atoms with Gasteiger partial charge in [0.05, 0.1) is 6.61 Å². The number of hydrogen-bond acceptors (Lipinski definition) is 6. The van der Waals surface area contributed by atoms with Crippen LogP contribution in [0.15, 0.2) is 28.8 Å². The van der Waals surface area contributed by atoms with E-state index in [2.05, 4.69) is 10.1 Å². The van der Waals surface area contributed by atoms with Crippen molar-refractivity contribution < 1.29 is 18.8 Å². The van der Waals surface area contributed by atoms with Crippen LogP contribution in [0, 0.1) is 0 Å². The van der Waals surface area contributed by atoms with Crippen molar-refractivity contribution in [2.75, 3.05) is 45.9 Å². The van der Waals surface area contributed by atoms with E-state index in [-0.39, 0.29) is 11.9 Å². The van der Waals surface area contributed by atoms with Crippen molar-refractivity contribution in [2.45, 2.75) is 33.6 Å². The van der Waals surface area contributed by atoms with Gasteiger partial charge in [-0.2, -0.15) is 4.98 Å². The maximum atomic E-state index is 12.6. The highest BCUT2D eigenvalue weighted by molar-refractivity contribution is 5.78. The zero-order valence-electron chi connectivity index (χ0n) is 18.5. The Kier molecular flexibility index (Phi) is 7.86. The molecule has 3 rings (SSSR count). The standard InChI is InChI=1S/C22H31N5O4/c1-4-25(5-2)22(29)27-15-13-26(14-16-27)20(28)12-11-19-23-21(24-31-19)17-7-9-18(10-8-17)30-6-3/h7-10H,4-6,11-16H2,1-3H3. The molecule has 0 atom stereocenters. The van der Waals surface area contributed by atoms with Crippen molar-refractivity contribution >= 4 is 11.9 Å². The Balaban J connectivity index is 1.47. The van der Waals surface area contributed by atoms with Crippen molar-refractivity contribution in [3.05, 3.63) is 30.2 Å². The Hall–Kier alpha value is -3.10. The number of hydrogen-bond donors (Lipinski definition) is 0. The molecule has 1 aromatic heterocycles. The minimum absolute atomic E-state index is 0.0377. The van der Waals surface area contributed by atoms with Gasteiger partial charge in [-0.1, -0.05) is 5.16 Å². The van der Waals surface area contributed by atoms with Crippen LogP contribution in [0.5, 0.6) is 5.75 Å². The number of carbonyl (C=O) groups is 2. The molecule has 0 saturated carbocycles. The number of piperazine rings is 1. The average Bonchev–Trinajstić information content (AvgIpc) is 3.28. The molecule has 0 unspecified atom stereocenters. The predicted molar refractivity (Wildman–Crippen MR) is 116 cm³/mol. The van der Waals surface area contributed by atoms with Crippen molar-refractivity contribution in [3.63, 3.8) is 0 Å². The molecule has 0 bridgehead atoms. The molecule has 1 aliphatic rings. The number of amides is 3. The summed E-state index contributed by atoms with van der Waals surface area (Å²) in [7, 11) is 0. The molecule has 9 heteroatoms. The van der Waals surface area contributed by atoms with E-state index in [1.54, 1.807) is 9.80 Å². The van der Waals surface area contributed by atoms with E-state index >= 15 is 0 Å². The van der Waals surface area contributed by atoms with E-state index in [1.807, 2.05) is 49.9 Å². The summed E-state index contributed by atoms with van der Waals surface area (Å²) in [5, 5.41) is 4.01. The first-order chi connectivity index (χ1) is 15.0. The smallest absolute Gasteiger partial charge is 0.320 e. The third-order valence-electron chi connectivity index (χ3n) is 5.38. The maximum absolute atomic E-state index is 12.6. The molecule has 1 fully saturated rings. The molecule has 0 aliphatic carbocycles. The largest absolute Gasteiger partial charge is 0.494 e. The van der Waals surface area contributed by atoms with Crippen LogP contribution in [0.4, 0.5) is 4.79 Å². The van der Waals surface area contributed by atoms with Gasteiger partial charge in [-0.25, -0.2) is 4.79 Å². The summed E-state index contributed by atoms with van der Waals surface area (Å²) < 4.78 is 10.7. The van der Waals surface area contributed by atoms with E-state index < -0.39 is 0 Å². The first kappa shape index (κ1) is 22.6. The number of ether oxygens (including phenoxy) is 1. The van der Waals surface area contributed by atoms with Gasteiger partial charge in [-0.15, -0.1) is 0 Å². The minimum atomic E-state index is 0.0377. The van der Waals surface area contributed by atoms with Gasteiger partial charge in [0.1, 0.15) is 5.75 Å². The molecule has 2 aromatic rings. The van der Waals surface area contributed by atoms with Gasteiger partial charge in [-0.05, 0) is 45.0 Å². The molecule has 31 heavy (non-hydrogen) atoms. The third kappa shape index (κ3) is 5.74. The molecule has 1 saturated heterocycles. The fourth-order valence-corrected chi connectivity index (χ4v) is 3.55. The summed E-state index contributed by atoms with van der Waals surface area (Å²) in [4.78, 5) is 34.8. The van der Waals surface area contributed by atoms with Crippen LogP contribution < -0.4 is 4.74 Å². The van der Waals surface area contributed by atoms with Crippen LogP contribution >= 0.6 is 0 Å². The summed E-state index contributed by atoms with van der Waals surface area (Å²) in [5.74, 6) is 1.76. The highest BCUT2D eigenvalue weighted by Gasteiger charge is 2.26. The van der Waals surface area contributed by atoms with E-state index in [1.165, 1.54) is 0 Å². The number of rotatable bonds is 8. The van der Waals surface area contributed by atoms with Crippen LogP contribution in [-0.2, 0) is 11.2 Å². The molecule has 0 radical (unpaired) electrons. The van der Waals surface area contributed by atoms with Gasteiger partial charge >= 0.3 is 6.03 Å². The number of urea groups is 1. The van der Waals surface area contributed by atoms with Crippen LogP contribution in [0.2, 0.25) is 0 Å². The second kappa shape index (κ2) is 10.8. The first-order valence-corrected chi connectivity index (χ1v) is 10.9. The Bertz CT molecular complexity index is 855. The zero-order chi connectivity index (χ0) is 22.2. The van der Waals surface area contributed by atoms with Crippen LogP contribution in [0.3, 0.4) is 0 Å². The van der Waals surface area contributed by atoms with Gasteiger partial charge in [0.2, 0.25) is 17.6 Å². The van der Waals surface area contributed by atoms with Crippen LogP contribution in [0.1, 0.15) is 33.1 Å². The van der Waals surface area contributed by atoms with Gasteiger partial charge in [0, 0.05) is 57.7 Å². The first-order valence-electron chi connectivity index (χ1n) is 10.9. The average molecular weight is 430 g/mol. The second-order valence-electron chi connectivity index (χ2n) is 7.29. The quantitative estimate of drug-likeness (QED) is 0.641. The van der Waals surface area contributed by atoms with E-state index in [0.29, 0.717) is 70.4 Å².